The molecular weight excluding hydrogens is 535 g/mol. The van der Waals surface area contributed by atoms with Gasteiger partial charge in [0.1, 0.15) is 5.69 Å². The van der Waals surface area contributed by atoms with Crippen LogP contribution >= 0.6 is 34.2 Å². The second kappa shape index (κ2) is 9.58. The first-order valence-electron chi connectivity index (χ1n) is 10.0. The minimum absolute atomic E-state index is 0.0686. The Kier molecular flexibility index (Phi) is 6.83. The maximum atomic E-state index is 12.9. The second-order valence-electron chi connectivity index (χ2n) is 7.43. The first kappa shape index (κ1) is 22.1. The van der Waals surface area contributed by atoms with E-state index in [1.807, 2.05) is 28.0 Å². The largest absolute Gasteiger partial charge is 0.378 e. The Morgan fingerprint density at radius 1 is 1.00 bits per heavy atom. The Hall–Kier alpha value is -2.11. The van der Waals surface area contributed by atoms with Crippen LogP contribution in [0.25, 0.3) is 0 Å². The van der Waals surface area contributed by atoms with E-state index in [0.29, 0.717) is 68.8 Å². The van der Waals surface area contributed by atoms with Crippen molar-refractivity contribution in [1.29, 1.82) is 0 Å². The van der Waals surface area contributed by atoms with Gasteiger partial charge in [0, 0.05) is 54.6 Å². The summed E-state index contributed by atoms with van der Waals surface area (Å²) in [5, 5.41) is 12.0. The lowest BCUT2D eigenvalue weighted by atomic mass is 10.1. The molecule has 0 aliphatic carbocycles. The highest BCUT2D eigenvalue weighted by Crippen LogP contribution is 2.33. The van der Waals surface area contributed by atoms with E-state index >= 15 is 0 Å². The van der Waals surface area contributed by atoms with Crippen molar-refractivity contribution in [2.75, 3.05) is 62.3 Å². The summed E-state index contributed by atoms with van der Waals surface area (Å²) < 4.78 is 6.35. The Labute approximate surface area is 199 Å². The summed E-state index contributed by atoms with van der Waals surface area (Å²) in [6.45, 7) is 4.79. The maximum absolute atomic E-state index is 12.9. The van der Waals surface area contributed by atoms with Gasteiger partial charge in [-0.1, -0.05) is 11.6 Å². The van der Waals surface area contributed by atoms with Gasteiger partial charge in [-0.15, -0.1) is 0 Å². The number of piperazine rings is 1. The molecule has 0 atom stereocenters. The zero-order valence-corrected chi connectivity index (χ0v) is 19.7. The fraction of sp³-hybridized carbons (Fsp3) is 0.381. The van der Waals surface area contributed by atoms with Crippen LogP contribution in [0, 0.1) is 13.7 Å². The van der Waals surface area contributed by atoms with Crippen molar-refractivity contribution < 1.29 is 14.5 Å². The van der Waals surface area contributed by atoms with Gasteiger partial charge < -0.3 is 19.4 Å². The minimum atomic E-state index is -0.337. The van der Waals surface area contributed by atoms with Gasteiger partial charge in [-0.3, -0.25) is 14.9 Å². The number of hydrogen-bond donors (Lipinski definition) is 0. The molecular formula is C21H22ClIN4O4. The van der Waals surface area contributed by atoms with E-state index in [2.05, 4.69) is 27.5 Å². The van der Waals surface area contributed by atoms with E-state index < -0.39 is 0 Å². The number of amides is 1. The molecule has 2 saturated heterocycles. The normalized spacial score (nSPS) is 17.0. The van der Waals surface area contributed by atoms with Gasteiger partial charge in [0.15, 0.2) is 0 Å². The lowest BCUT2D eigenvalue weighted by Gasteiger charge is -2.37. The third kappa shape index (κ3) is 4.88. The van der Waals surface area contributed by atoms with E-state index in [0.717, 1.165) is 9.26 Å². The molecule has 2 fully saturated rings. The van der Waals surface area contributed by atoms with Crippen LogP contribution in [0.3, 0.4) is 0 Å². The number of ether oxygens (including phenoxy) is 1. The molecule has 2 aliphatic rings. The topological polar surface area (TPSA) is 79.2 Å². The molecule has 4 rings (SSSR count). The highest BCUT2D eigenvalue weighted by Gasteiger charge is 2.27. The summed E-state index contributed by atoms with van der Waals surface area (Å²) in [5.41, 5.74) is 2.17. The van der Waals surface area contributed by atoms with Crippen LogP contribution in [0.5, 0.6) is 0 Å². The van der Waals surface area contributed by atoms with E-state index in [1.54, 1.807) is 18.2 Å². The van der Waals surface area contributed by atoms with Gasteiger partial charge >= 0.3 is 0 Å². The molecule has 164 valence electrons. The number of morpholine rings is 1. The number of carbonyl (C=O) groups excluding carboxylic acids is 1. The molecule has 2 aromatic carbocycles. The number of nitrogens with zero attached hydrogens (tertiary/aromatic N) is 4. The average molecular weight is 557 g/mol. The number of nitro benzene ring substituents is 1. The fourth-order valence-corrected chi connectivity index (χ4v) is 4.61. The monoisotopic (exact) mass is 556 g/mol. The van der Waals surface area contributed by atoms with Crippen LogP contribution in [0.1, 0.15) is 10.4 Å². The molecule has 0 aromatic heterocycles. The number of rotatable bonds is 4. The van der Waals surface area contributed by atoms with Crippen LogP contribution < -0.4 is 9.80 Å². The number of anilines is 2. The highest BCUT2D eigenvalue weighted by molar-refractivity contribution is 14.1. The Morgan fingerprint density at radius 3 is 2.39 bits per heavy atom. The molecule has 0 N–H and O–H groups in total. The summed E-state index contributed by atoms with van der Waals surface area (Å²) in [6, 6.07) is 10.7. The maximum Gasteiger partial charge on any atom is 0.292 e. The molecule has 0 radical (unpaired) electrons. The predicted octanol–water partition coefficient (Wildman–Crippen LogP) is 3.65. The van der Waals surface area contributed by atoms with Gasteiger partial charge in [-0.25, -0.2) is 0 Å². The molecule has 8 nitrogen and oxygen atoms in total. The highest BCUT2D eigenvalue weighted by atomic mass is 127. The molecule has 31 heavy (non-hydrogen) atoms. The predicted molar refractivity (Wildman–Crippen MR) is 128 cm³/mol. The Bertz CT molecular complexity index is 991. The summed E-state index contributed by atoms with van der Waals surface area (Å²) in [5.74, 6) is -0.0686. The van der Waals surface area contributed by atoms with Gasteiger partial charge in [-0.2, -0.15) is 0 Å². The lowest BCUT2D eigenvalue weighted by Crippen LogP contribution is -2.49. The van der Waals surface area contributed by atoms with Crippen LogP contribution in [0.4, 0.5) is 17.1 Å². The number of benzene rings is 2. The van der Waals surface area contributed by atoms with E-state index in [1.165, 1.54) is 0 Å². The zero-order chi connectivity index (χ0) is 22.0. The van der Waals surface area contributed by atoms with Crippen LogP contribution in [0.2, 0.25) is 5.02 Å². The lowest BCUT2D eigenvalue weighted by molar-refractivity contribution is -0.384. The number of hydrogen-bond acceptors (Lipinski definition) is 6. The van der Waals surface area contributed by atoms with Crippen molar-refractivity contribution >= 4 is 57.2 Å². The molecule has 2 aromatic rings. The van der Waals surface area contributed by atoms with Gasteiger partial charge in [0.25, 0.3) is 11.6 Å². The standard InChI is InChI=1S/C21H22ClIN4O4/c22-18-3-1-15(23)13-17(18)21(28)26-7-5-24(6-8-26)16-2-4-19(27(29)30)20(14-16)25-9-11-31-12-10-25/h1-4,13-14H,5-12H2. The summed E-state index contributed by atoms with van der Waals surface area (Å²) in [7, 11) is 0. The zero-order valence-electron chi connectivity index (χ0n) is 16.8. The molecule has 0 bridgehead atoms. The molecule has 0 unspecified atom stereocenters. The first-order valence-corrected chi connectivity index (χ1v) is 11.5. The third-order valence-corrected chi connectivity index (χ3v) is 6.60. The van der Waals surface area contributed by atoms with Crippen molar-refractivity contribution in [3.05, 3.63) is 60.7 Å². The molecule has 2 aliphatic heterocycles. The van der Waals surface area contributed by atoms with Crippen LogP contribution in [-0.4, -0.2) is 68.2 Å². The number of halogens is 2. The van der Waals surface area contributed by atoms with E-state index in [9.17, 15) is 14.9 Å². The number of nitro groups is 1. The Balaban J connectivity index is 1.49. The summed E-state index contributed by atoms with van der Waals surface area (Å²) in [6.07, 6.45) is 0. The Morgan fingerprint density at radius 2 is 1.71 bits per heavy atom. The minimum Gasteiger partial charge on any atom is -0.378 e. The average Bonchev–Trinajstić information content (AvgIpc) is 2.80. The van der Waals surface area contributed by atoms with E-state index in [4.69, 9.17) is 16.3 Å². The molecule has 1 amide bonds. The quantitative estimate of drug-likeness (QED) is 0.325. The second-order valence-corrected chi connectivity index (χ2v) is 9.09. The van der Waals surface area contributed by atoms with E-state index in [-0.39, 0.29) is 16.5 Å². The molecule has 0 saturated carbocycles. The summed E-state index contributed by atoms with van der Waals surface area (Å²) in [4.78, 5) is 30.1. The first-order chi connectivity index (χ1) is 14.9. The van der Waals surface area contributed by atoms with Gasteiger partial charge in [0.2, 0.25) is 0 Å². The van der Waals surface area contributed by atoms with Crippen LogP contribution in [0.15, 0.2) is 36.4 Å². The van der Waals surface area contributed by atoms with Gasteiger partial charge in [0.05, 0.1) is 28.7 Å². The molecule has 2 heterocycles. The fourth-order valence-electron chi connectivity index (χ4n) is 3.92. The van der Waals surface area contributed by atoms with Crippen molar-refractivity contribution in [2.45, 2.75) is 0 Å². The van der Waals surface area contributed by atoms with Gasteiger partial charge in [-0.05, 0) is 52.9 Å². The van der Waals surface area contributed by atoms with Crippen molar-refractivity contribution in [2.24, 2.45) is 0 Å². The number of carbonyl (C=O) groups is 1. The van der Waals surface area contributed by atoms with Crippen molar-refractivity contribution in [1.82, 2.24) is 4.90 Å². The SMILES string of the molecule is O=C(c1cc(I)ccc1Cl)N1CCN(c2ccc([N+](=O)[O-])c(N3CCOCC3)c2)CC1. The van der Waals surface area contributed by atoms with Crippen molar-refractivity contribution in [3.63, 3.8) is 0 Å². The summed E-state index contributed by atoms with van der Waals surface area (Å²) >= 11 is 8.40. The van der Waals surface area contributed by atoms with Crippen LogP contribution in [-0.2, 0) is 4.74 Å². The third-order valence-electron chi connectivity index (χ3n) is 5.60. The molecule has 10 heteroatoms. The molecule has 0 spiro atoms. The smallest absolute Gasteiger partial charge is 0.292 e. The van der Waals surface area contributed by atoms with Crippen molar-refractivity contribution in [3.8, 4) is 0 Å².